The molecule has 4 N–H and O–H groups in total. The van der Waals surface area contributed by atoms with Gasteiger partial charge in [-0.2, -0.15) is 0 Å². The van der Waals surface area contributed by atoms with Gasteiger partial charge in [0.05, 0.1) is 12.3 Å². The Balaban J connectivity index is 2.43. The van der Waals surface area contributed by atoms with Crippen LogP contribution in [0.15, 0.2) is 29.3 Å². The number of hydrogen-bond acceptors (Lipinski definition) is 3. The van der Waals surface area contributed by atoms with Crippen LogP contribution in [0.2, 0.25) is 5.02 Å². The van der Waals surface area contributed by atoms with Gasteiger partial charge in [0.15, 0.2) is 5.96 Å². The van der Waals surface area contributed by atoms with Crippen molar-refractivity contribution in [3.05, 3.63) is 34.9 Å². The van der Waals surface area contributed by atoms with Gasteiger partial charge in [-0.05, 0) is 31.0 Å². The maximum atomic E-state index is 10.9. The highest BCUT2D eigenvalue weighted by molar-refractivity contribution is 7.89. The molecule has 0 aliphatic rings. The summed E-state index contributed by atoms with van der Waals surface area (Å²) in [7, 11) is -3.48. The van der Waals surface area contributed by atoms with E-state index in [2.05, 4.69) is 15.6 Å². The second-order valence-corrected chi connectivity index (χ2v) is 6.60. The van der Waals surface area contributed by atoms with Gasteiger partial charge in [-0.1, -0.05) is 23.7 Å². The topological polar surface area (TPSA) is 96.6 Å². The van der Waals surface area contributed by atoms with Crippen molar-refractivity contribution in [1.82, 2.24) is 10.6 Å². The van der Waals surface area contributed by atoms with Crippen LogP contribution < -0.4 is 15.8 Å². The summed E-state index contributed by atoms with van der Waals surface area (Å²) in [5, 5.41) is 11.8. The zero-order chi connectivity index (χ0) is 15.7. The van der Waals surface area contributed by atoms with Crippen LogP contribution in [0.5, 0.6) is 0 Å². The Kier molecular flexibility index (Phi) is 7.49. The normalized spacial score (nSPS) is 12.2. The molecule has 8 heteroatoms. The second-order valence-electron chi connectivity index (χ2n) is 4.43. The summed E-state index contributed by atoms with van der Waals surface area (Å²) >= 11 is 5.83. The summed E-state index contributed by atoms with van der Waals surface area (Å²) in [4.78, 5) is 4.16. The number of hydrogen-bond donors (Lipinski definition) is 3. The lowest BCUT2D eigenvalue weighted by molar-refractivity contribution is 0.597. The highest BCUT2D eigenvalue weighted by Gasteiger charge is 2.02. The third kappa shape index (κ3) is 8.54. The van der Waals surface area contributed by atoms with Gasteiger partial charge in [0.25, 0.3) is 0 Å². The van der Waals surface area contributed by atoms with E-state index in [4.69, 9.17) is 16.7 Å². The van der Waals surface area contributed by atoms with Gasteiger partial charge in [0, 0.05) is 18.1 Å². The molecule has 0 aromatic heterocycles. The van der Waals surface area contributed by atoms with Crippen LogP contribution in [0.4, 0.5) is 0 Å². The highest BCUT2D eigenvalue weighted by atomic mass is 35.5. The van der Waals surface area contributed by atoms with Gasteiger partial charge in [-0.15, -0.1) is 0 Å². The third-order valence-electron chi connectivity index (χ3n) is 2.61. The summed E-state index contributed by atoms with van der Waals surface area (Å²) in [6, 6.07) is 7.63. The van der Waals surface area contributed by atoms with E-state index in [9.17, 15) is 8.42 Å². The Morgan fingerprint density at radius 2 is 1.95 bits per heavy atom. The monoisotopic (exact) mass is 332 g/mol. The molecular formula is C13H21ClN4O2S. The minimum absolute atomic E-state index is 0.134. The summed E-state index contributed by atoms with van der Waals surface area (Å²) in [6.45, 7) is 3.45. The SMILES string of the molecule is CCNC(=NCCS(N)(=O)=O)NCCc1ccc(Cl)cc1. The van der Waals surface area contributed by atoms with E-state index < -0.39 is 10.0 Å². The molecule has 0 heterocycles. The maximum Gasteiger partial charge on any atom is 0.210 e. The molecule has 21 heavy (non-hydrogen) atoms. The Morgan fingerprint density at radius 3 is 2.52 bits per heavy atom. The van der Waals surface area contributed by atoms with Crippen LogP contribution in [0.3, 0.4) is 0 Å². The number of rotatable bonds is 7. The number of primary sulfonamides is 1. The molecule has 0 amide bonds. The van der Waals surface area contributed by atoms with Crippen LogP contribution in [0.1, 0.15) is 12.5 Å². The Hall–Kier alpha value is -1.31. The van der Waals surface area contributed by atoms with E-state index in [1.807, 2.05) is 31.2 Å². The van der Waals surface area contributed by atoms with Crippen LogP contribution in [-0.2, 0) is 16.4 Å². The predicted molar refractivity (Wildman–Crippen MR) is 87.1 cm³/mol. The average Bonchev–Trinajstić information content (AvgIpc) is 2.39. The molecule has 118 valence electrons. The van der Waals surface area contributed by atoms with Gasteiger partial charge in [-0.3, -0.25) is 4.99 Å². The maximum absolute atomic E-state index is 10.9. The van der Waals surface area contributed by atoms with Crippen molar-refractivity contribution < 1.29 is 8.42 Å². The Bertz CT molecular complexity index is 558. The van der Waals surface area contributed by atoms with Crippen LogP contribution in [-0.4, -0.2) is 39.8 Å². The Labute approximate surface area is 130 Å². The molecule has 0 fully saturated rings. The van der Waals surface area contributed by atoms with Gasteiger partial charge in [0.1, 0.15) is 0 Å². The van der Waals surface area contributed by atoms with Crippen molar-refractivity contribution in [2.24, 2.45) is 10.1 Å². The summed E-state index contributed by atoms with van der Waals surface area (Å²) in [5.41, 5.74) is 1.16. The summed E-state index contributed by atoms with van der Waals surface area (Å²) in [5.74, 6) is 0.413. The van der Waals surface area contributed by atoms with Gasteiger partial charge >= 0.3 is 0 Å². The molecule has 1 aromatic carbocycles. The minimum Gasteiger partial charge on any atom is -0.357 e. The van der Waals surface area contributed by atoms with Gasteiger partial charge in [-0.25, -0.2) is 13.6 Å². The average molecular weight is 333 g/mol. The minimum atomic E-state index is -3.48. The molecule has 1 aromatic rings. The second kappa shape index (κ2) is 8.86. The number of aliphatic imine (C=N–C) groups is 1. The quantitative estimate of drug-likeness (QED) is 0.506. The van der Waals surface area contributed by atoms with Crippen molar-refractivity contribution in [3.8, 4) is 0 Å². The van der Waals surface area contributed by atoms with E-state index in [1.54, 1.807) is 0 Å². The zero-order valence-corrected chi connectivity index (χ0v) is 13.5. The number of guanidine groups is 1. The number of benzene rings is 1. The van der Waals surface area contributed by atoms with Crippen molar-refractivity contribution in [1.29, 1.82) is 0 Å². The van der Waals surface area contributed by atoms with E-state index in [0.717, 1.165) is 12.0 Å². The fourth-order valence-electron chi connectivity index (χ4n) is 1.60. The molecular weight excluding hydrogens is 312 g/mol. The first-order valence-electron chi connectivity index (χ1n) is 6.68. The molecule has 0 saturated carbocycles. The van der Waals surface area contributed by atoms with Crippen molar-refractivity contribution >= 4 is 27.6 Å². The fraction of sp³-hybridized carbons (Fsp3) is 0.462. The van der Waals surface area contributed by atoms with Crippen LogP contribution in [0, 0.1) is 0 Å². The lowest BCUT2D eigenvalue weighted by Gasteiger charge is -2.11. The van der Waals surface area contributed by atoms with E-state index in [-0.39, 0.29) is 12.3 Å². The van der Waals surface area contributed by atoms with Crippen LogP contribution >= 0.6 is 11.6 Å². The molecule has 0 bridgehead atoms. The molecule has 0 radical (unpaired) electrons. The molecule has 6 nitrogen and oxygen atoms in total. The first-order chi connectivity index (χ1) is 9.90. The fourth-order valence-corrected chi connectivity index (χ4v) is 2.07. The standard InChI is InChI=1S/C13H21ClN4O2S/c1-2-16-13(18-9-10-21(15,19)20)17-8-7-11-3-5-12(14)6-4-11/h3-6H,2,7-10H2,1H3,(H2,15,19,20)(H2,16,17,18). The molecule has 0 aliphatic carbocycles. The van der Waals surface area contributed by atoms with Crippen molar-refractivity contribution in [2.45, 2.75) is 13.3 Å². The lowest BCUT2D eigenvalue weighted by atomic mass is 10.1. The largest absolute Gasteiger partial charge is 0.357 e. The molecule has 0 spiro atoms. The number of halogens is 1. The summed E-state index contributed by atoms with van der Waals surface area (Å²) < 4.78 is 21.7. The molecule has 0 atom stereocenters. The first kappa shape index (κ1) is 17.7. The third-order valence-corrected chi connectivity index (χ3v) is 3.61. The first-order valence-corrected chi connectivity index (χ1v) is 8.77. The van der Waals surface area contributed by atoms with Gasteiger partial charge < -0.3 is 10.6 Å². The number of nitrogens with one attached hydrogen (secondary N) is 2. The number of nitrogens with two attached hydrogens (primary N) is 1. The van der Waals surface area contributed by atoms with E-state index in [0.29, 0.717) is 24.1 Å². The van der Waals surface area contributed by atoms with Gasteiger partial charge in [0.2, 0.25) is 10.0 Å². The number of nitrogens with zero attached hydrogens (tertiary/aromatic N) is 1. The highest BCUT2D eigenvalue weighted by Crippen LogP contribution is 2.09. The molecule has 0 saturated heterocycles. The van der Waals surface area contributed by atoms with Crippen molar-refractivity contribution in [3.63, 3.8) is 0 Å². The molecule has 0 aliphatic heterocycles. The predicted octanol–water partition coefficient (Wildman–Crippen LogP) is 0.726. The van der Waals surface area contributed by atoms with Crippen molar-refractivity contribution in [2.75, 3.05) is 25.4 Å². The van der Waals surface area contributed by atoms with E-state index in [1.165, 1.54) is 0 Å². The van der Waals surface area contributed by atoms with Crippen LogP contribution in [0.25, 0.3) is 0 Å². The molecule has 0 unspecified atom stereocenters. The Morgan fingerprint density at radius 1 is 1.29 bits per heavy atom. The summed E-state index contributed by atoms with van der Waals surface area (Å²) in [6.07, 6.45) is 0.816. The number of sulfonamides is 1. The zero-order valence-electron chi connectivity index (χ0n) is 12.0. The van der Waals surface area contributed by atoms with E-state index >= 15 is 0 Å². The molecule has 1 rings (SSSR count). The smallest absolute Gasteiger partial charge is 0.210 e. The lowest BCUT2D eigenvalue weighted by Crippen LogP contribution is -2.38.